The van der Waals surface area contributed by atoms with E-state index in [0.717, 1.165) is 35.0 Å². The quantitative estimate of drug-likeness (QED) is 0.168. The van der Waals surface area contributed by atoms with Crippen LogP contribution in [0.25, 0.3) is 11.1 Å². The Morgan fingerprint density at radius 1 is 1.12 bits per heavy atom. The van der Waals surface area contributed by atoms with Crippen LogP contribution < -0.4 is 10.1 Å². The molecule has 0 fully saturated rings. The van der Waals surface area contributed by atoms with Gasteiger partial charge in [-0.1, -0.05) is 47.7 Å². The zero-order valence-electron chi connectivity index (χ0n) is 21.7. The Morgan fingerprint density at radius 3 is 2.55 bits per heavy atom. The minimum Gasteiger partial charge on any atom is -0.486 e. The second-order valence-corrected chi connectivity index (χ2v) is 10.3. The van der Waals surface area contributed by atoms with E-state index in [4.69, 9.17) is 9.47 Å². The van der Waals surface area contributed by atoms with E-state index in [2.05, 4.69) is 15.5 Å². The number of aryl methyl sites for hydroxylation is 1. The van der Waals surface area contributed by atoms with Gasteiger partial charge in [-0.3, -0.25) is 4.79 Å². The maximum atomic E-state index is 13.0. The number of carbonyl (C=O) groups is 2. The van der Waals surface area contributed by atoms with E-state index in [0.29, 0.717) is 28.1 Å². The molecule has 0 aliphatic heterocycles. The molecule has 0 saturated carbocycles. The summed E-state index contributed by atoms with van der Waals surface area (Å²) in [4.78, 5) is 25.4. The van der Waals surface area contributed by atoms with Gasteiger partial charge in [0.1, 0.15) is 22.9 Å². The maximum Gasteiger partial charge on any atom is 0.416 e. The minimum atomic E-state index is -4.48. The average Bonchev–Trinajstić information content (AvgIpc) is 3.54. The van der Waals surface area contributed by atoms with E-state index in [1.165, 1.54) is 30.6 Å². The van der Waals surface area contributed by atoms with E-state index in [-0.39, 0.29) is 29.6 Å². The Morgan fingerprint density at radius 2 is 1.88 bits per heavy atom. The zero-order valence-corrected chi connectivity index (χ0v) is 23.4. The highest BCUT2D eigenvalue weighted by molar-refractivity contribution is 7.99. The lowest BCUT2D eigenvalue weighted by atomic mass is 10.0. The molecule has 8 nitrogen and oxygen atoms in total. The van der Waals surface area contributed by atoms with E-state index in [1.807, 2.05) is 38.1 Å². The summed E-state index contributed by atoms with van der Waals surface area (Å²) < 4.78 is 51.1. The van der Waals surface area contributed by atoms with E-state index in [1.54, 1.807) is 9.95 Å². The van der Waals surface area contributed by atoms with Crippen LogP contribution in [0.15, 0.2) is 59.1 Å². The molecule has 13 heteroatoms. The number of thiophene rings is 1. The molecule has 0 unspecified atom stereocenters. The third-order valence-corrected chi connectivity index (χ3v) is 7.63. The number of methoxy groups -OCH3 is 1. The number of nitrogens with zero attached hydrogens (tertiary/aromatic N) is 3. The number of carbonyl (C=O) groups excluding carboxylic acids is 2. The summed E-state index contributed by atoms with van der Waals surface area (Å²) in [5, 5.41) is 13.6. The van der Waals surface area contributed by atoms with Crippen molar-refractivity contribution in [2.75, 3.05) is 18.2 Å². The van der Waals surface area contributed by atoms with Crippen molar-refractivity contribution in [1.82, 2.24) is 14.8 Å². The summed E-state index contributed by atoms with van der Waals surface area (Å²) in [6.07, 6.45) is -4.48. The number of amides is 1. The lowest BCUT2D eigenvalue weighted by molar-refractivity contribution is -0.137. The monoisotopic (exact) mass is 590 g/mol. The van der Waals surface area contributed by atoms with E-state index < -0.39 is 17.7 Å². The summed E-state index contributed by atoms with van der Waals surface area (Å²) in [7, 11) is 1.28. The van der Waals surface area contributed by atoms with Crippen molar-refractivity contribution in [3.8, 4) is 16.9 Å². The normalized spacial score (nSPS) is 11.3. The smallest absolute Gasteiger partial charge is 0.416 e. The lowest BCUT2D eigenvalue weighted by Gasteiger charge is -2.11. The number of esters is 1. The van der Waals surface area contributed by atoms with Gasteiger partial charge >= 0.3 is 12.1 Å². The predicted molar refractivity (Wildman–Crippen MR) is 147 cm³/mol. The summed E-state index contributed by atoms with van der Waals surface area (Å²) in [5.41, 5.74) is 2.04. The molecule has 0 aliphatic rings. The topological polar surface area (TPSA) is 95.3 Å². The first-order valence-electron chi connectivity index (χ1n) is 12.0. The number of ether oxygens (including phenoxy) is 2. The van der Waals surface area contributed by atoms with Gasteiger partial charge in [0.15, 0.2) is 11.0 Å². The van der Waals surface area contributed by atoms with Crippen LogP contribution >= 0.6 is 23.1 Å². The molecular formula is C27H25F3N4O4S2. The molecular weight excluding hydrogens is 565 g/mol. The number of thioether (sulfide) groups is 1. The number of aromatic nitrogens is 3. The number of anilines is 1. The third kappa shape index (κ3) is 6.83. The second-order valence-electron chi connectivity index (χ2n) is 8.51. The van der Waals surface area contributed by atoms with Crippen molar-refractivity contribution in [3.05, 3.63) is 76.4 Å². The van der Waals surface area contributed by atoms with Crippen molar-refractivity contribution in [2.45, 2.75) is 38.3 Å². The molecule has 2 aromatic heterocycles. The Kier molecular flexibility index (Phi) is 9.15. The molecule has 0 saturated heterocycles. The fraction of sp³-hybridized carbons (Fsp3) is 0.259. The van der Waals surface area contributed by atoms with Crippen molar-refractivity contribution >= 4 is 40.0 Å². The van der Waals surface area contributed by atoms with Crippen LogP contribution in [0.4, 0.5) is 18.2 Å². The van der Waals surface area contributed by atoms with Gasteiger partial charge in [0.25, 0.3) is 0 Å². The Labute approximate surface area is 236 Å². The lowest BCUT2D eigenvalue weighted by Crippen LogP contribution is -2.16. The first-order chi connectivity index (χ1) is 19.1. The molecule has 0 atom stereocenters. The summed E-state index contributed by atoms with van der Waals surface area (Å²) in [6, 6.07) is 12.3. The van der Waals surface area contributed by atoms with Gasteiger partial charge in [-0.15, -0.1) is 21.5 Å². The molecule has 1 amide bonds. The van der Waals surface area contributed by atoms with Crippen molar-refractivity contribution in [3.63, 3.8) is 0 Å². The van der Waals surface area contributed by atoms with Gasteiger partial charge in [0, 0.05) is 17.5 Å². The van der Waals surface area contributed by atoms with Gasteiger partial charge in [-0.25, -0.2) is 4.79 Å². The van der Waals surface area contributed by atoms with Gasteiger partial charge < -0.3 is 19.4 Å². The van der Waals surface area contributed by atoms with Gasteiger partial charge in [-0.2, -0.15) is 13.2 Å². The Balaban J connectivity index is 1.42. The molecule has 40 heavy (non-hydrogen) atoms. The third-order valence-electron chi connectivity index (χ3n) is 5.77. The number of hydrogen-bond acceptors (Lipinski definition) is 8. The van der Waals surface area contributed by atoms with Crippen molar-refractivity contribution in [2.24, 2.45) is 0 Å². The van der Waals surface area contributed by atoms with E-state index >= 15 is 0 Å². The number of hydrogen-bond donors (Lipinski definition) is 1. The van der Waals surface area contributed by atoms with Gasteiger partial charge in [-0.05, 0) is 37.6 Å². The van der Waals surface area contributed by atoms with Crippen molar-refractivity contribution < 1.29 is 32.2 Å². The van der Waals surface area contributed by atoms with Crippen LogP contribution in [0.2, 0.25) is 0 Å². The first kappa shape index (κ1) is 29.2. The van der Waals surface area contributed by atoms with E-state index in [9.17, 15) is 22.8 Å². The highest BCUT2D eigenvalue weighted by Gasteiger charge is 2.30. The van der Waals surface area contributed by atoms with Crippen LogP contribution in [-0.4, -0.2) is 39.5 Å². The molecule has 2 aromatic carbocycles. The molecule has 0 aliphatic carbocycles. The molecule has 0 spiro atoms. The summed E-state index contributed by atoms with van der Waals surface area (Å²) in [6.45, 7) is 4.17. The number of rotatable bonds is 10. The molecule has 1 N–H and O–H groups in total. The highest BCUT2D eigenvalue weighted by atomic mass is 32.2. The maximum absolute atomic E-state index is 13.0. The number of nitrogens with one attached hydrogen (secondary N) is 1. The number of halogens is 3. The predicted octanol–water partition coefficient (Wildman–Crippen LogP) is 6.45. The fourth-order valence-electron chi connectivity index (χ4n) is 3.75. The molecule has 0 bridgehead atoms. The number of alkyl halides is 3. The summed E-state index contributed by atoms with van der Waals surface area (Å²) >= 11 is 2.36. The van der Waals surface area contributed by atoms with Crippen LogP contribution in [0, 0.1) is 6.92 Å². The molecule has 4 aromatic rings. The highest BCUT2D eigenvalue weighted by Crippen LogP contribution is 2.36. The standard InChI is InChI=1S/C27H25F3N4O4S2/c1-4-34-21(13-38-19-7-5-6-18(12-19)27(28,29)30)32-33-26(34)40-15-22(35)31-24-23(25(36)37-3)20(14-39-24)17-10-8-16(2)9-11-17/h5-12,14H,4,13,15H2,1-3H3,(H,31,35). The SMILES string of the molecule is CCn1c(COc2cccc(C(F)(F)F)c2)nnc1SCC(=O)Nc1scc(-c2ccc(C)cc2)c1C(=O)OC. The first-order valence-corrected chi connectivity index (χ1v) is 13.9. The Bertz CT molecular complexity index is 1500. The Hall–Kier alpha value is -3.84. The molecule has 210 valence electrons. The van der Waals surface area contributed by atoms with Crippen LogP contribution in [0.5, 0.6) is 5.75 Å². The molecule has 0 radical (unpaired) electrons. The summed E-state index contributed by atoms with van der Waals surface area (Å²) in [5.74, 6) is -0.491. The van der Waals surface area contributed by atoms with Crippen LogP contribution in [0.3, 0.4) is 0 Å². The average molecular weight is 591 g/mol. The van der Waals surface area contributed by atoms with Crippen LogP contribution in [0.1, 0.15) is 34.2 Å². The molecule has 2 heterocycles. The van der Waals surface area contributed by atoms with Gasteiger partial charge in [0.05, 0.1) is 18.4 Å². The van der Waals surface area contributed by atoms with Crippen LogP contribution in [-0.2, 0) is 28.9 Å². The van der Waals surface area contributed by atoms with Crippen molar-refractivity contribution in [1.29, 1.82) is 0 Å². The fourth-order valence-corrected chi connectivity index (χ4v) is 5.55. The number of benzene rings is 2. The van der Waals surface area contributed by atoms with Gasteiger partial charge in [0.2, 0.25) is 5.91 Å². The zero-order chi connectivity index (χ0) is 28.9. The second kappa shape index (κ2) is 12.6. The molecule has 4 rings (SSSR count). The largest absolute Gasteiger partial charge is 0.486 e. The minimum absolute atomic E-state index is 0.0228.